The van der Waals surface area contributed by atoms with E-state index in [1.807, 2.05) is 166 Å². The predicted molar refractivity (Wildman–Crippen MR) is 248 cm³/mol. The van der Waals surface area contributed by atoms with Gasteiger partial charge in [0.2, 0.25) is 0 Å². The zero-order chi connectivity index (χ0) is 41.9. The first kappa shape index (κ1) is 37.6. The molecule has 62 heavy (non-hydrogen) atoms. The molecule has 0 saturated carbocycles. The number of piperazine rings is 1. The van der Waals surface area contributed by atoms with Gasteiger partial charge in [0.05, 0.1) is 56.1 Å². The minimum atomic E-state index is 0.496. The predicted octanol–water partition coefficient (Wildman–Crippen LogP) is 9.18. The molecule has 1 saturated heterocycles. The molecule has 0 N–H and O–H groups in total. The molecule has 0 bridgehead atoms. The summed E-state index contributed by atoms with van der Waals surface area (Å²) < 4.78 is 7.85. The van der Waals surface area contributed by atoms with Gasteiger partial charge in [-0.2, -0.15) is 20.4 Å². The summed E-state index contributed by atoms with van der Waals surface area (Å²) in [7, 11) is 0. The third kappa shape index (κ3) is 6.17. The number of allylic oxidation sites excluding steroid dienone is 2. The zero-order valence-corrected chi connectivity index (χ0v) is 35.4. The molecule has 4 aromatic carbocycles. The number of aromatic nitrogens is 8. The molecule has 0 aliphatic carbocycles. The average Bonchev–Trinajstić information content (AvgIpc) is 4.17. The monoisotopic (exact) mass is 850 g/mol. The molecule has 0 radical (unpaired) electrons. The van der Waals surface area contributed by atoms with Crippen LogP contribution in [0.5, 0.6) is 0 Å². The summed E-state index contributed by atoms with van der Waals surface area (Å²) in [5.41, 5.74) is 7.74. The number of aldehydes is 2. The highest BCUT2D eigenvalue weighted by Crippen LogP contribution is 2.43. The molecule has 0 atom stereocenters. The maximum atomic E-state index is 13.1. The summed E-state index contributed by atoms with van der Waals surface area (Å²) in [6.45, 7) is 6.55. The first-order valence-corrected chi connectivity index (χ1v) is 22.0. The molecule has 12 nitrogen and oxygen atoms in total. The van der Waals surface area contributed by atoms with Crippen molar-refractivity contribution in [1.82, 2.24) is 48.9 Å². The van der Waals surface area contributed by atoms with Crippen LogP contribution >= 0.6 is 22.7 Å². The third-order valence-electron chi connectivity index (χ3n) is 11.4. The molecular formula is C48H38N10O2S2. The fraction of sp³-hybridized carbons (Fsp3) is 0.125. The number of fused-ring (bicyclic) bond motifs is 6. The fourth-order valence-electron chi connectivity index (χ4n) is 8.47. The van der Waals surface area contributed by atoms with Crippen molar-refractivity contribution in [3.8, 4) is 22.7 Å². The van der Waals surface area contributed by atoms with E-state index < -0.39 is 0 Å². The summed E-state index contributed by atoms with van der Waals surface area (Å²) in [5.74, 6) is 0. The number of carbonyl (C=O) groups excluding carboxylic acids is 2. The van der Waals surface area contributed by atoms with E-state index in [1.54, 1.807) is 22.7 Å². The van der Waals surface area contributed by atoms with Gasteiger partial charge in [0.25, 0.3) is 0 Å². The summed E-state index contributed by atoms with van der Waals surface area (Å²) in [5, 5.41) is 23.9. The van der Waals surface area contributed by atoms with Gasteiger partial charge >= 0.3 is 0 Å². The van der Waals surface area contributed by atoms with Gasteiger partial charge in [-0.15, -0.1) is 0 Å². The van der Waals surface area contributed by atoms with Crippen LogP contribution < -0.4 is 0 Å². The minimum absolute atomic E-state index is 0.496. The Kier molecular flexibility index (Phi) is 9.24. The Morgan fingerprint density at radius 3 is 1.03 bits per heavy atom. The van der Waals surface area contributed by atoms with Crippen LogP contribution in [0.25, 0.3) is 74.8 Å². The Morgan fingerprint density at radius 2 is 0.726 bits per heavy atom. The van der Waals surface area contributed by atoms with Gasteiger partial charge in [-0.3, -0.25) is 9.59 Å². The maximum absolute atomic E-state index is 13.1. The van der Waals surface area contributed by atoms with Crippen LogP contribution in [-0.4, -0.2) is 87.7 Å². The number of thiophene rings is 2. The number of aryl methyl sites for hydroxylation is 2. The number of rotatable bonds is 10. The van der Waals surface area contributed by atoms with Gasteiger partial charge in [-0.1, -0.05) is 95.5 Å². The second kappa shape index (κ2) is 15.2. The summed E-state index contributed by atoms with van der Waals surface area (Å²) in [6, 6.07) is 40.3. The Bertz CT molecular complexity index is 3140. The number of nitrogens with zero attached hydrogens (tertiary/aromatic N) is 10. The Morgan fingerprint density at radius 1 is 0.435 bits per heavy atom. The molecule has 6 aromatic heterocycles. The van der Waals surface area contributed by atoms with Gasteiger partial charge in [-0.05, 0) is 62.4 Å². The van der Waals surface area contributed by atoms with Crippen molar-refractivity contribution in [2.45, 2.75) is 13.8 Å². The fourth-order valence-corrected chi connectivity index (χ4v) is 11.1. The van der Waals surface area contributed by atoms with Crippen molar-refractivity contribution in [2.24, 2.45) is 0 Å². The van der Waals surface area contributed by atoms with Crippen LogP contribution in [0, 0.1) is 13.8 Å². The number of carbonyl (C=O) groups is 2. The highest BCUT2D eigenvalue weighted by atomic mass is 32.1. The lowest BCUT2D eigenvalue weighted by atomic mass is 10.1. The van der Waals surface area contributed by atoms with Crippen molar-refractivity contribution >= 4 is 87.3 Å². The normalized spacial score (nSPS) is 14.0. The first-order valence-electron chi connectivity index (χ1n) is 20.3. The summed E-state index contributed by atoms with van der Waals surface area (Å²) in [4.78, 5) is 34.4. The van der Waals surface area contributed by atoms with Crippen LogP contribution in [0.4, 0.5) is 0 Å². The first-order chi connectivity index (χ1) is 30.5. The van der Waals surface area contributed by atoms with E-state index in [1.165, 1.54) is 0 Å². The topological polar surface area (TPSA) is 112 Å². The van der Waals surface area contributed by atoms with Crippen molar-refractivity contribution in [1.29, 1.82) is 0 Å². The van der Waals surface area contributed by atoms with Gasteiger partial charge in [0.1, 0.15) is 30.7 Å². The maximum Gasteiger partial charge on any atom is 0.153 e. The SMILES string of the molecule is Cc1nn(-c2ccccc2)c2sc3c(c(/C(C=O)=C/N4CCN(/C=C(\C=O)c5nn(-c6ccccc6)c6sc7c(c(C)nn7-c7ccccc7)c56)CC4)nn3-c3ccccc3)c12. The smallest absolute Gasteiger partial charge is 0.153 e. The van der Waals surface area contributed by atoms with Crippen molar-refractivity contribution < 1.29 is 9.59 Å². The molecule has 0 amide bonds. The standard InChI is InChI=1S/C48H38N10O2S2/c1-31-39-41-43(51-57(37-19-11-5-12-20-37)47(41)61-45(39)55(49-31)35-15-7-3-8-16-35)33(29-59)27-53-23-25-54(26-24-53)28-34(30-60)44-42-40-32(2)50-56(36-17-9-4-10-18-36)46(40)62-48(42)58(52-44)38-21-13-6-14-22-38/h3-22,27-30H,23-26H2,1-2H3/b33-27+,34-28+. The Balaban J connectivity index is 0.940. The summed E-state index contributed by atoms with van der Waals surface area (Å²) >= 11 is 3.24. The molecule has 1 fully saturated rings. The number of benzene rings is 4. The number of para-hydroxylation sites is 4. The Hall–Kier alpha value is -7.42. The highest BCUT2D eigenvalue weighted by molar-refractivity contribution is 7.25. The van der Waals surface area contributed by atoms with Gasteiger partial charge < -0.3 is 9.80 Å². The lowest BCUT2D eigenvalue weighted by Crippen LogP contribution is -2.41. The molecule has 11 rings (SSSR count). The second-order valence-corrected chi connectivity index (χ2v) is 17.2. The molecule has 0 unspecified atom stereocenters. The number of hydrogen-bond acceptors (Lipinski definition) is 10. The minimum Gasteiger partial charge on any atom is -0.373 e. The van der Waals surface area contributed by atoms with Gasteiger partial charge in [-0.25, -0.2) is 18.7 Å². The number of hydrogen-bond donors (Lipinski definition) is 0. The lowest BCUT2D eigenvalue weighted by Gasteiger charge is -2.34. The Labute approximate surface area is 363 Å². The van der Waals surface area contributed by atoms with E-state index in [0.717, 1.165) is 87.6 Å². The largest absolute Gasteiger partial charge is 0.373 e. The summed E-state index contributed by atoms with van der Waals surface area (Å²) in [6.07, 6.45) is 5.69. The lowest BCUT2D eigenvalue weighted by molar-refractivity contribution is -0.104. The van der Waals surface area contributed by atoms with Crippen LogP contribution in [0.3, 0.4) is 0 Å². The van der Waals surface area contributed by atoms with E-state index in [2.05, 4.69) is 9.80 Å². The second-order valence-electron chi connectivity index (χ2n) is 15.3. The molecular weight excluding hydrogens is 813 g/mol. The van der Waals surface area contributed by atoms with Crippen LogP contribution in [-0.2, 0) is 9.59 Å². The molecule has 1 aliphatic rings. The van der Waals surface area contributed by atoms with Crippen LogP contribution in [0.15, 0.2) is 134 Å². The average molecular weight is 851 g/mol. The van der Waals surface area contributed by atoms with E-state index in [-0.39, 0.29) is 0 Å². The van der Waals surface area contributed by atoms with Crippen molar-refractivity contribution in [2.75, 3.05) is 26.2 Å². The zero-order valence-electron chi connectivity index (χ0n) is 33.8. The van der Waals surface area contributed by atoms with E-state index in [4.69, 9.17) is 20.4 Å². The quantitative estimate of drug-likeness (QED) is 0.0990. The van der Waals surface area contributed by atoms with Crippen molar-refractivity contribution in [3.05, 3.63) is 157 Å². The van der Waals surface area contributed by atoms with Gasteiger partial charge in [0.15, 0.2) is 12.6 Å². The van der Waals surface area contributed by atoms with E-state index in [0.29, 0.717) is 48.7 Å². The molecule has 1 aliphatic heterocycles. The third-order valence-corrected chi connectivity index (χ3v) is 13.7. The molecule has 304 valence electrons. The van der Waals surface area contributed by atoms with Crippen LogP contribution in [0.2, 0.25) is 0 Å². The van der Waals surface area contributed by atoms with Crippen molar-refractivity contribution in [3.63, 3.8) is 0 Å². The molecule has 7 heterocycles. The van der Waals surface area contributed by atoms with E-state index >= 15 is 0 Å². The van der Waals surface area contributed by atoms with E-state index in [9.17, 15) is 9.59 Å². The van der Waals surface area contributed by atoms with Crippen LogP contribution in [0.1, 0.15) is 22.8 Å². The highest BCUT2D eigenvalue weighted by Gasteiger charge is 2.28. The molecule has 14 heteroatoms. The van der Waals surface area contributed by atoms with Gasteiger partial charge in [0, 0.05) is 49.4 Å². The molecule has 0 spiro atoms. The molecule has 10 aromatic rings.